The van der Waals surface area contributed by atoms with Gasteiger partial charge in [-0.2, -0.15) is 0 Å². The number of hydrogen-bond donors (Lipinski definition) is 4. The normalized spacial score (nSPS) is 10.7. The standard InChI is InChI=1S/C16H20N4O5S.ClH/c17-7-9-19-26(23,24)13-4-1-3-12(11-13)20-15(21)6-8-18-16(22)14-5-2-10-25-14;/h1-5,10-11,19H,6-9,17H2,(H,18,22)(H,20,21);1H. The Hall–Kier alpha value is -2.40. The van der Waals surface area contributed by atoms with Crippen molar-refractivity contribution >= 4 is 39.9 Å². The van der Waals surface area contributed by atoms with Crippen LogP contribution in [0, 0.1) is 0 Å². The lowest BCUT2D eigenvalue weighted by Crippen LogP contribution is -2.29. The number of anilines is 1. The molecular weight excluding hydrogens is 396 g/mol. The molecule has 0 aliphatic rings. The first-order chi connectivity index (χ1) is 12.4. The van der Waals surface area contributed by atoms with Crippen molar-refractivity contribution in [2.75, 3.05) is 25.0 Å². The van der Waals surface area contributed by atoms with Crippen LogP contribution in [0.15, 0.2) is 52.0 Å². The minimum Gasteiger partial charge on any atom is -0.459 e. The topological polar surface area (TPSA) is 144 Å². The Bertz CT molecular complexity index is 855. The fraction of sp³-hybridized carbons (Fsp3) is 0.250. The van der Waals surface area contributed by atoms with E-state index in [0.717, 1.165) is 0 Å². The van der Waals surface area contributed by atoms with Gasteiger partial charge in [0, 0.05) is 31.7 Å². The molecule has 0 spiro atoms. The summed E-state index contributed by atoms with van der Waals surface area (Å²) in [7, 11) is -3.68. The number of hydrogen-bond acceptors (Lipinski definition) is 6. The van der Waals surface area contributed by atoms with Gasteiger partial charge in [0.25, 0.3) is 5.91 Å². The second kappa shape index (κ2) is 10.7. The van der Waals surface area contributed by atoms with Gasteiger partial charge in [-0.05, 0) is 30.3 Å². The van der Waals surface area contributed by atoms with E-state index in [4.69, 9.17) is 10.2 Å². The van der Waals surface area contributed by atoms with E-state index in [9.17, 15) is 18.0 Å². The monoisotopic (exact) mass is 416 g/mol. The van der Waals surface area contributed by atoms with Crippen LogP contribution in [0.2, 0.25) is 0 Å². The number of sulfonamides is 1. The van der Waals surface area contributed by atoms with E-state index in [0.29, 0.717) is 5.69 Å². The molecule has 2 rings (SSSR count). The number of carbonyl (C=O) groups is 2. The number of furan rings is 1. The minimum atomic E-state index is -3.68. The van der Waals surface area contributed by atoms with Crippen molar-refractivity contribution in [1.29, 1.82) is 0 Å². The number of benzene rings is 1. The number of amides is 2. The molecule has 0 saturated heterocycles. The maximum absolute atomic E-state index is 12.1. The van der Waals surface area contributed by atoms with E-state index >= 15 is 0 Å². The predicted molar refractivity (Wildman–Crippen MR) is 102 cm³/mol. The fourth-order valence-corrected chi connectivity index (χ4v) is 3.12. The summed E-state index contributed by atoms with van der Waals surface area (Å²) >= 11 is 0. The molecule has 9 nitrogen and oxygen atoms in total. The van der Waals surface area contributed by atoms with Crippen molar-refractivity contribution in [2.24, 2.45) is 5.73 Å². The van der Waals surface area contributed by atoms with E-state index in [1.54, 1.807) is 12.1 Å². The van der Waals surface area contributed by atoms with E-state index in [2.05, 4.69) is 15.4 Å². The lowest BCUT2D eigenvalue weighted by atomic mass is 10.3. The summed E-state index contributed by atoms with van der Waals surface area (Å²) in [5.41, 5.74) is 5.62. The molecule has 0 aliphatic heterocycles. The highest BCUT2D eigenvalue weighted by Gasteiger charge is 2.14. The summed E-state index contributed by atoms with van der Waals surface area (Å²) in [6.07, 6.45) is 1.40. The highest BCUT2D eigenvalue weighted by Crippen LogP contribution is 2.15. The Balaban J connectivity index is 0.00000364. The van der Waals surface area contributed by atoms with Crippen LogP contribution in [-0.2, 0) is 14.8 Å². The van der Waals surface area contributed by atoms with E-state index in [1.807, 2.05) is 0 Å². The van der Waals surface area contributed by atoms with Gasteiger partial charge in [0.2, 0.25) is 15.9 Å². The largest absolute Gasteiger partial charge is 0.459 e. The Labute approximate surface area is 163 Å². The predicted octanol–water partition coefficient (Wildman–Crippen LogP) is 0.697. The summed E-state index contributed by atoms with van der Waals surface area (Å²) in [6.45, 7) is 0.412. The lowest BCUT2D eigenvalue weighted by molar-refractivity contribution is -0.116. The molecule has 2 amide bonds. The molecule has 1 heterocycles. The van der Waals surface area contributed by atoms with Crippen LogP contribution in [0.4, 0.5) is 5.69 Å². The van der Waals surface area contributed by atoms with Crippen molar-refractivity contribution in [1.82, 2.24) is 10.0 Å². The maximum Gasteiger partial charge on any atom is 0.286 e. The third-order valence-electron chi connectivity index (χ3n) is 3.25. The average Bonchev–Trinajstić information content (AvgIpc) is 3.15. The molecule has 0 unspecified atom stereocenters. The maximum atomic E-state index is 12.1. The highest BCUT2D eigenvalue weighted by molar-refractivity contribution is 7.89. The average molecular weight is 417 g/mol. The molecule has 1 aromatic carbocycles. The molecule has 11 heteroatoms. The molecule has 0 radical (unpaired) electrons. The summed E-state index contributed by atoms with van der Waals surface area (Å²) < 4.78 is 31.4. The first-order valence-electron chi connectivity index (χ1n) is 7.84. The van der Waals surface area contributed by atoms with E-state index in [-0.39, 0.29) is 55.0 Å². The number of rotatable bonds is 9. The number of nitrogens with one attached hydrogen (secondary N) is 3. The number of carbonyl (C=O) groups excluding carboxylic acids is 2. The Kier molecular flexibility index (Phi) is 8.95. The molecule has 0 fully saturated rings. The second-order valence-corrected chi connectivity index (χ2v) is 7.01. The minimum absolute atomic E-state index is 0. The summed E-state index contributed by atoms with van der Waals surface area (Å²) in [6, 6.07) is 8.95. The molecular formula is C16H21ClN4O5S. The molecule has 5 N–H and O–H groups in total. The van der Waals surface area contributed by atoms with Gasteiger partial charge in [-0.3, -0.25) is 9.59 Å². The third-order valence-corrected chi connectivity index (χ3v) is 4.71. The Morgan fingerprint density at radius 2 is 1.89 bits per heavy atom. The zero-order chi connectivity index (χ0) is 19.0. The Morgan fingerprint density at radius 1 is 1.11 bits per heavy atom. The Morgan fingerprint density at radius 3 is 2.56 bits per heavy atom. The summed E-state index contributed by atoms with van der Waals surface area (Å²) in [5, 5.41) is 5.14. The van der Waals surface area contributed by atoms with E-state index < -0.39 is 15.9 Å². The molecule has 27 heavy (non-hydrogen) atoms. The van der Waals surface area contributed by atoms with Crippen LogP contribution in [0.25, 0.3) is 0 Å². The molecule has 1 aromatic heterocycles. The van der Waals surface area contributed by atoms with Gasteiger partial charge in [0.15, 0.2) is 5.76 Å². The van der Waals surface area contributed by atoms with Gasteiger partial charge in [-0.15, -0.1) is 12.4 Å². The first kappa shape index (κ1) is 22.6. The van der Waals surface area contributed by atoms with Crippen LogP contribution in [0.1, 0.15) is 17.0 Å². The summed E-state index contributed by atoms with van der Waals surface area (Å²) in [4.78, 5) is 23.6. The molecule has 2 aromatic rings. The fourth-order valence-electron chi connectivity index (χ4n) is 2.03. The van der Waals surface area contributed by atoms with Crippen LogP contribution >= 0.6 is 12.4 Å². The zero-order valence-electron chi connectivity index (χ0n) is 14.3. The van der Waals surface area contributed by atoms with Crippen LogP contribution in [0.5, 0.6) is 0 Å². The van der Waals surface area contributed by atoms with Crippen LogP contribution in [-0.4, -0.2) is 39.9 Å². The second-order valence-electron chi connectivity index (χ2n) is 5.25. The van der Waals surface area contributed by atoms with Gasteiger partial charge in [0.05, 0.1) is 11.2 Å². The van der Waals surface area contributed by atoms with Crippen molar-refractivity contribution < 1.29 is 22.4 Å². The zero-order valence-corrected chi connectivity index (χ0v) is 15.9. The van der Waals surface area contributed by atoms with E-state index in [1.165, 1.54) is 30.5 Å². The van der Waals surface area contributed by atoms with Crippen molar-refractivity contribution in [3.05, 3.63) is 48.4 Å². The highest BCUT2D eigenvalue weighted by atomic mass is 35.5. The first-order valence-corrected chi connectivity index (χ1v) is 9.32. The molecule has 0 aliphatic carbocycles. The van der Waals surface area contributed by atoms with Crippen LogP contribution < -0.4 is 21.1 Å². The third kappa shape index (κ3) is 7.02. The van der Waals surface area contributed by atoms with Gasteiger partial charge < -0.3 is 20.8 Å². The van der Waals surface area contributed by atoms with Gasteiger partial charge in [-0.25, -0.2) is 13.1 Å². The summed E-state index contributed by atoms with van der Waals surface area (Å²) in [5.74, 6) is -0.621. The smallest absolute Gasteiger partial charge is 0.286 e. The van der Waals surface area contributed by atoms with Gasteiger partial charge >= 0.3 is 0 Å². The van der Waals surface area contributed by atoms with Crippen molar-refractivity contribution in [3.8, 4) is 0 Å². The quantitative estimate of drug-likeness (QED) is 0.473. The molecule has 0 bridgehead atoms. The lowest BCUT2D eigenvalue weighted by Gasteiger charge is -2.09. The SMILES string of the molecule is Cl.NCCNS(=O)(=O)c1cccc(NC(=O)CCNC(=O)c2ccco2)c1. The van der Waals surface area contributed by atoms with Gasteiger partial charge in [0.1, 0.15) is 0 Å². The van der Waals surface area contributed by atoms with Crippen molar-refractivity contribution in [3.63, 3.8) is 0 Å². The van der Waals surface area contributed by atoms with Gasteiger partial charge in [-0.1, -0.05) is 6.07 Å². The molecule has 148 valence electrons. The number of nitrogens with two attached hydrogens (primary N) is 1. The number of halogens is 1. The molecule has 0 saturated carbocycles. The molecule has 0 atom stereocenters. The van der Waals surface area contributed by atoms with Crippen LogP contribution in [0.3, 0.4) is 0 Å². The van der Waals surface area contributed by atoms with Crippen molar-refractivity contribution in [2.45, 2.75) is 11.3 Å².